The zero-order valence-corrected chi connectivity index (χ0v) is 12.2. The molecule has 0 atom stereocenters. The minimum atomic E-state index is -1.14. The molecule has 108 valence electrons. The molecule has 7 heteroatoms. The first-order chi connectivity index (χ1) is 10.1. The summed E-state index contributed by atoms with van der Waals surface area (Å²) in [6.07, 6.45) is 3.45. The summed E-state index contributed by atoms with van der Waals surface area (Å²) in [6, 6.07) is 9.57. The molecule has 0 aliphatic rings. The monoisotopic (exact) mass is 324 g/mol. The van der Waals surface area contributed by atoms with Crippen LogP contribution in [-0.4, -0.2) is 27.7 Å². The van der Waals surface area contributed by atoms with Crippen molar-refractivity contribution >= 4 is 41.3 Å². The lowest BCUT2D eigenvalue weighted by molar-refractivity contribution is -0.139. The Hall–Kier alpha value is -2.11. The number of aromatic nitrogens is 2. The van der Waals surface area contributed by atoms with Gasteiger partial charge in [-0.15, -0.1) is 0 Å². The Morgan fingerprint density at radius 2 is 1.76 bits per heavy atom. The average Bonchev–Trinajstić information content (AvgIpc) is 2.45. The third kappa shape index (κ3) is 4.44. The van der Waals surface area contributed by atoms with E-state index >= 15 is 0 Å². The highest BCUT2D eigenvalue weighted by Gasteiger charge is 2.13. The molecular formula is C14H10Cl2N2O3. The van der Waals surface area contributed by atoms with E-state index in [2.05, 4.69) is 9.97 Å². The van der Waals surface area contributed by atoms with E-state index in [0.29, 0.717) is 5.82 Å². The molecule has 0 aliphatic heterocycles. The first-order valence-electron chi connectivity index (χ1n) is 5.87. The van der Waals surface area contributed by atoms with Gasteiger partial charge in [-0.1, -0.05) is 59.6 Å². The SMILES string of the molecule is O=C(O)COc1c(Cl)nc(C=Cc2ccccc2)nc1Cl. The van der Waals surface area contributed by atoms with E-state index < -0.39 is 12.6 Å². The molecule has 1 heterocycles. The van der Waals surface area contributed by atoms with E-state index in [1.165, 1.54) is 0 Å². The van der Waals surface area contributed by atoms with Crippen LogP contribution in [0.5, 0.6) is 5.75 Å². The number of halogens is 2. The summed E-state index contributed by atoms with van der Waals surface area (Å²) < 4.78 is 4.93. The van der Waals surface area contributed by atoms with Gasteiger partial charge in [-0.05, 0) is 11.6 Å². The molecule has 0 amide bonds. The molecule has 0 saturated heterocycles. The zero-order valence-electron chi connectivity index (χ0n) is 10.7. The Morgan fingerprint density at radius 3 is 2.33 bits per heavy atom. The van der Waals surface area contributed by atoms with E-state index in [4.69, 9.17) is 33.0 Å². The second kappa shape index (κ2) is 7.06. The van der Waals surface area contributed by atoms with Crippen LogP contribution in [0.1, 0.15) is 11.4 Å². The quantitative estimate of drug-likeness (QED) is 0.853. The largest absolute Gasteiger partial charge is 0.479 e. The van der Waals surface area contributed by atoms with Gasteiger partial charge >= 0.3 is 5.97 Å². The number of nitrogens with zero attached hydrogens (tertiary/aromatic N) is 2. The molecule has 0 unspecified atom stereocenters. The smallest absolute Gasteiger partial charge is 0.341 e. The van der Waals surface area contributed by atoms with Crippen LogP contribution in [0.2, 0.25) is 10.3 Å². The molecule has 2 rings (SSSR count). The molecule has 0 aliphatic carbocycles. The van der Waals surface area contributed by atoms with Crippen molar-refractivity contribution in [1.82, 2.24) is 9.97 Å². The van der Waals surface area contributed by atoms with E-state index in [0.717, 1.165) is 5.56 Å². The van der Waals surface area contributed by atoms with E-state index in [1.54, 1.807) is 12.2 Å². The Labute approximate surface area is 130 Å². The standard InChI is InChI=1S/C14H10Cl2N2O3/c15-13-12(21-8-11(19)20)14(16)18-10(17-13)7-6-9-4-2-1-3-5-9/h1-7H,8H2,(H,19,20). The third-order valence-electron chi connectivity index (χ3n) is 2.36. The van der Waals surface area contributed by atoms with Gasteiger partial charge in [0.15, 0.2) is 28.5 Å². The van der Waals surface area contributed by atoms with Gasteiger partial charge < -0.3 is 9.84 Å². The summed E-state index contributed by atoms with van der Waals surface area (Å²) in [5, 5.41) is 8.48. The van der Waals surface area contributed by atoms with Gasteiger partial charge in [0.2, 0.25) is 0 Å². The molecule has 5 nitrogen and oxygen atoms in total. The highest BCUT2D eigenvalue weighted by Crippen LogP contribution is 2.30. The summed E-state index contributed by atoms with van der Waals surface area (Å²) in [6.45, 7) is -0.567. The molecule has 0 saturated carbocycles. The molecular weight excluding hydrogens is 315 g/mol. The van der Waals surface area contributed by atoms with Crippen LogP contribution in [0.4, 0.5) is 0 Å². The predicted octanol–water partition coefficient (Wildman–Crippen LogP) is 3.42. The molecule has 21 heavy (non-hydrogen) atoms. The molecule has 0 radical (unpaired) electrons. The number of aliphatic carboxylic acids is 1. The fourth-order valence-electron chi connectivity index (χ4n) is 1.48. The van der Waals surface area contributed by atoms with Gasteiger partial charge in [0.1, 0.15) is 0 Å². The normalized spacial score (nSPS) is 10.8. The zero-order chi connectivity index (χ0) is 15.2. The predicted molar refractivity (Wildman–Crippen MR) is 80.6 cm³/mol. The lowest BCUT2D eigenvalue weighted by Gasteiger charge is -2.07. The van der Waals surface area contributed by atoms with Crippen LogP contribution in [0.25, 0.3) is 12.2 Å². The molecule has 1 aromatic carbocycles. The second-order valence-corrected chi connectivity index (χ2v) is 4.64. The summed E-state index contributed by atoms with van der Waals surface area (Å²) in [4.78, 5) is 18.4. The highest BCUT2D eigenvalue weighted by molar-refractivity contribution is 6.35. The summed E-state index contributed by atoms with van der Waals surface area (Å²) in [5.41, 5.74) is 0.972. The topological polar surface area (TPSA) is 72.3 Å². The summed E-state index contributed by atoms with van der Waals surface area (Å²) in [7, 11) is 0. The van der Waals surface area contributed by atoms with Crippen LogP contribution in [0.15, 0.2) is 30.3 Å². The van der Waals surface area contributed by atoms with Gasteiger partial charge in [-0.25, -0.2) is 14.8 Å². The Balaban J connectivity index is 2.19. The van der Waals surface area contributed by atoms with Crippen LogP contribution >= 0.6 is 23.2 Å². The average molecular weight is 325 g/mol. The van der Waals surface area contributed by atoms with Gasteiger partial charge in [-0.2, -0.15) is 0 Å². The van der Waals surface area contributed by atoms with Crippen LogP contribution in [0.3, 0.4) is 0 Å². The number of carboxylic acid groups (broad SMARTS) is 1. The molecule has 1 aromatic heterocycles. The third-order valence-corrected chi connectivity index (χ3v) is 2.88. The Kier molecular flexibility index (Phi) is 5.14. The molecule has 1 N–H and O–H groups in total. The Bertz CT molecular complexity index is 652. The van der Waals surface area contributed by atoms with Gasteiger partial charge in [-0.3, -0.25) is 0 Å². The van der Waals surface area contributed by atoms with Crippen LogP contribution in [0, 0.1) is 0 Å². The van der Waals surface area contributed by atoms with Crippen molar-refractivity contribution in [3.8, 4) is 5.75 Å². The number of benzene rings is 1. The maximum atomic E-state index is 10.5. The minimum Gasteiger partial charge on any atom is -0.479 e. The highest BCUT2D eigenvalue weighted by atomic mass is 35.5. The van der Waals surface area contributed by atoms with E-state index in [1.807, 2.05) is 30.3 Å². The number of hydrogen-bond acceptors (Lipinski definition) is 4. The number of ether oxygens (including phenoxy) is 1. The van der Waals surface area contributed by atoms with Crippen molar-refractivity contribution in [2.75, 3.05) is 6.61 Å². The minimum absolute atomic E-state index is 0.0380. The van der Waals surface area contributed by atoms with Crippen LogP contribution < -0.4 is 4.74 Å². The molecule has 0 spiro atoms. The van der Waals surface area contributed by atoms with Crippen LogP contribution in [-0.2, 0) is 4.79 Å². The van der Waals surface area contributed by atoms with Crippen molar-refractivity contribution in [2.24, 2.45) is 0 Å². The number of rotatable bonds is 5. The molecule has 2 aromatic rings. The second-order valence-electron chi connectivity index (χ2n) is 3.92. The lowest BCUT2D eigenvalue weighted by Crippen LogP contribution is -2.10. The van der Waals surface area contributed by atoms with Crippen molar-refractivity contribution < 1.29 is 14.6 Å². The van der Waals surface area contributed by atoms with Crippen molar-refractivity contribution in [3.05, 3.63) is 52.0 Å². The van der Waals surface area contributed by atoms with Crippen molar-refractivity contribution in [1.29, 1.82) is 0 Å². The molecule has 0 bridgehead atoms. The summed E-state index contributed by atoms with van der Waals surface area (Å²) >= 11 is 11.8. The van der Waals surface area contributed by atoms with Gasteiger partial charge in [0.25, 0.3) is 0 Å². The van der Waals surface area contributed by atoms with Crippen molar-refractivity contribution in [3.63, 3.8) is 0 Å². The fourth-order valence-corrected chi connectivity index (χ4v) is 1.98. The first-order valence-corrected chi connectivity index (χ1v) is 6.62. The lowest BCUT2D eigenvalue weighted by atomic mass is 10.2. The number of carboxylic acids is 1. The van der Waals surface area contributed by atoms with E-state index in [-0.39, 0.29) is 16.1 Å². The van der Waals surface area contributed by atoms with Gasteiger partial charge in [0, 0.05) is 0 Å². The number of hydrogen-bond donors (Lipinski definition) is 1. The van der Waals surface area contributed by atoms with Crippen molar-refractivity contribution in [2.45, 2.75) is 0 Å². The fraction of sp³-hybridized carbons (Fsp3) is 0.0714. The van der Waals surface area contributed by atoms with Gasteiger partial charge in [0.05, 0.1) is 0 Å². The Morgan fingerprint density at radius 1 is 1.14 bits per heavy atom. The summed E-state index contributed by atoms with van der Waals surface area (Å²) in [5.74, 6) is -0.885. The molecule has 0 fully saturated rings. The maximum absolute atomic E-state index is 10.5. The van der Waals surface area contributed by atoms with E-state index in [9.17, 15) is 4.79 Å². The number of carbonyl (C=O) groups is 1. The maximum Gasteiger partial charge on any atom is 0.341 e. The first kappa shape index (κ1) is 15.3.